The Bertz CT molecular complexity index is 955. The first kappa shape index (κ1) is 16.1. The molecule has 6 nitrogen and oxygen atoms in total. The van der Waals surface area contributed by atoms with E-state index in [1.54, 1.807) is 11.5 Å². The van der Waals surface area contributed by atoms with Crippen molar-refractivity contribution in [3.63, 3.8) is 0 Å². The van der Waals surface area contributed by atoms with Gasteiger partial charge in [-0.2, -0.15) is 0 Å². The standard InChI is InChI=1S/C16H15FN4O2S/c1-12-7-8-14(17)15(9-12)24(22,23)20-16-19-18-11-21(16)10-13-5-3-2-4-6-13/h2-9,11H,10H2,1H3,(H,19,20). The van der Waals surface area contributed by atoms with Crippen molar-refractivity contribution in [2.75, 3.05) is 4.72 Å². The first-order valence-electron chi connectivity index (χ1n) is 7.16. The van der Waals surface area contributed by atoms with Gasteiger partial charge in [-0.1, -0.05) is 36.4 Å². The van der Waals surface area contributed by atoms with E-state index in [0.717, 1.165) is 11.6 Å². The van der Waals surface area contributed by atoms with Gasteiger partial charge < -0.3 is 0 Å². The molecule has 24 heavy (non-hydrogen) atoms. The second-order valence-corrected chi connectivity index (χ2v) is 6.96. The molecule has 0 unspecified atom stereocenters. The molecule has 0 saturated heterocycles. The normalized spacial score (nSPS) is 11.4. The summed E-state index contributed by atoms with van der Waals surface area (Å²) < 4.78 is 42.6. The molecule has 3 aromatic rings. The van der Waals surface area contributed by atoms with Crippen LogP contribution in [-0.4, -0.2) is 23.2 Å². The van der Waals surface area contributed by atoms with Crippen LogP contribution in [0.4, 0.5) is 10.3 Å². The SMILES string of the molecule is Cc1ccc(F)c(S(=O)(=O)Nc2nncn2Cc2ccccc2)c1. The van der Waals surface area contributed by atoms with Crippen molar-refractivity contribution in [2.24, 2.45) is 0 Å². The summed E-state index contributed by atoms with van der Waals surface area (Å²) in [5.41, 5.74) is 1.60. The highest BCUT2D eigenvalue weighted by Crippen LogP contribution is 2.19. The number of aromatic nitrogens is 3. The second-order valence-electron chi connectivity index (χ2n) is 5.31. The van der Waals surface area contributed by atoms with Crippen LogP contribution in [0.3, 0.4) is 0 Å². The van der Waals surface area contributed by atoms with Crippen LogP contribution in [-0.2, 0) is 16.6 Å². The number of halogens is 1. The average molecular weight is 346 g/mol. The minimum absolute atomic E-state index is 0.0276. The van der Waals surface area contributed by atoms with Gasteiger partial charge in [0.15, 0.2) is 0 Å². The van der Waals surface area contributed by atoms with Crippen molar-refractivity contribution < 1.29 is 12.8 Å². The topological polar surface area (TPSA) is 76.9 Å². The van der Waals surface area contributed by atoms with Crippen LogP contribution in [0.2, 0.25) is 0 Å². The number of sulfonamides is 1. The van der Waals surface area contributed by atoms with Crippen molar-refractivity contribution in [2.45, 2.75) is 18.4 Å². The molecule has 3 rings (SSSR count). The van der Waals surface area contributed by atoms with Crippen LogP contribution in [0.25, 0.3) is 0 Å². The number of rotatable bonds is 5. The fourth-order valence-corrected chi connectivity index (χ4v) is 3.40. The molecular formula is C16H15FN4O2S. The maximum Gasteiger partial charge on any atom is 0.267 e. The zero-order valence-corrected chi connectivity index (χ0v) is 13.7. The average Bonchev–Trinajstić information content (AvgIpc) is 2.97. The minimum atomic E-state index is -4.10. The van der Waals surface area contributed by atoms with Gasteiger partial charge in [0.25, 0.3) is 10.0 Å². The van der Waals surface area contributed by atoms with Gasteiger partial charge in [0.05, 0.1) is 6.54 Å². The monoisotopic (exact) mass is 346 g/mol. The Hall–Kier alpha value is -2.74. The highest BCUT2D eigenvalue weighted by atomic mass is 32.2. The van der Waals surface area contributed by atoms with Gasteiger partial charge in [-0.15, -0.1) is 10.2 Å². The van der Waals surface area contributed by atoms with Crippen LogP contribution in [0, 0.1) is 12.7 Å². The van der Waals surface area contributed by atoms with E-state index in [1.807, 2.05) is 30.3 Å². The van der Waals surface area contributed by atoms with E-state index in [1.165, 1.54) is 18.5 Å². The number of nitrogens with one attached hydrogen (secondary N) is 1. The summed E-state index contributed by atoms with van der Waals surface area (Å²) in [4.78, 5) is -0.420. The second kappa shape index (κ2) is 6.40. The van der Waals surface area contributed by atoms with E-state index >= 15 is 0 Å². The Morgan fingerprint density at radius 3 is 2.67 bits per heavy atom. The third kappa shape index (κ3) is 3.43. The summed E-state index contributed by atoms with van der Waals surface area (Å²) in [6, 6.07) is 13.4. The molecule has 0 aliphatic rings. The molecule has 8 heteroatoms. The van der Waals surface area contributed by atoms with Crippen LogP contribution in [0.1, 0.15) is 11.1 Å². The lowest BCUT2D eigenvalue weighted by Gasteiger charge is -2.10. The molecule has 0 atom stereocenters. The number of benzene rings is 2. The summed E-state index contributed by atoms with van der Waals surface area (Å²) >= 11 is 0. The molecule has 0 spiro atoms. The number of nitrogens with zero attached hydrogens (tertiary/aromatic N) is 3. The summed E-state index contributed by atoms with van der Waals surface area (Å²) in [7, 11) is -4.10. The molecule has 0 amide bonds. The van der Waals surface area contributed by atoms with Crippen molar-refractivity contribution in [3.05, 3.63) is 71.8 Å². The van der Waals surface area contributed by atoms with Gasteiger partial charge in [0, 0.05) is 0 Å². The molecule has 0 radical (unpaired) electrons. The van der Waals surface area contributed by atoms with Crippen molar-refractivity contribution in [1.82, 2.24) is 14.8 Å². The van der Waals surface area contributed by atoms with Gasteiger partial charge in [-0.25, -0.2) is 17.5 Å². The summed E-state index contributed by atoms with van der Waals surface area (Å²) in [5, 5.41) is 7.50. The van der Waals surface area contributed by atoms with Crippen molar-refractivity contribution in [1.29, 1.82) is 0 Å². The summed E-state index contributed by atoms with van der Waals surface area (Å²) in [6.45, 7) is 2.08. The largest absolute Gasteiger partial charge is 0.295 e. The molecule has 1 N–H and O–H groups in total. The highest BCUT2D eigenvalue weighted by molar-refractivity contribution is 7.92. The Morgan fingerprint density at radius 1 is 1.17 bits per heavy atom. The molecule has 0 aliphatic carbocycles. The molecule has 1 heterocycles. The third-order valence-electron chi connectivity index (χ3n) is 3.41. The Balaban J connectivity index is 1.89. The van der Waals surface area contributed by atoms with Gasteiger partial charge in [-0.3, -0.25) is 4.57 Å². The van der Waals surface area contributed by atoms with E-state index in [2.05, 4.69) is 14.9 Å². The van der Waals surface area contributed by atoms with Crippen LogP contribution >= 0.6 is 0 Å². The Morgan fingerprint density at radius 2 is 1.92 bits per heavy atom. The maximum absolute atomic E-state index is 13.9. The van der Waals surface area contributed by atoms with Crippen LogP contribution < -0.4 is 4.72 Å². The van der Waals surface area contributed by atoms with Crippen LogP contribution in [0.15, 0.2) is 59.8 Å². The first-order chi connectivity index (χ1) is 11.5. The van der Waals surface area contributed by atoms with Crippen LogP contribution in [0.5, 0.6) is 0 Å². The van der Waals surface area contributed by atoms with Gasteiger partial charge in [0.2, 0.25) is 5.95 Å². The lowest BCUT2D eigenvalue weighted by Crippen LogP contribution is -2.18. The molecule has 0 aliphatic heterocycles. The van der Waals surface area contributed by atoms with Gasteiger partial charge in [0.1, 0.15) is 17.0 Å². The van der Waals surface area contributed by atoms with E-state index in [4.69, 9.17) is 0 Å². The number of aryl methyl sites for hydroxylation is 1. The molecule has 124 valence electrons. The molecule has 0 saturated carbocycles. The number of anilines is 1. The predicted molar refractivity (Wildman–Crippen MR) is 87.5 cm³/mol. The Kier molecular flexibility index (Phi) is 4.30. The Labute approximate surface area is 139 Å². The fraction of sp³-hybridized carbons (Fsp3) is 0.125. The number of hydrogen-bond acceptors (Lipinski definition) is 4. The highest BCUT2D eigenvalue weighted by Gasteiger charge is 2.21. The quantitative estimate of drug-likeness (QED) is 0.770. The zero-order valence-electron chi connectivity index (χ0n) is 12.8. The zero-order chi connectivity index (χ0) is 17.2. The maximum atomic E-state index is 13.9. The van der Waals surface area contributed by atoms with Gasteiger partial charge >= 0.3 is 0 Å². The lowest BCUT2D eigenvalue weighted by molar-refractivity contribution is 0.569. The molecule has 2 aromatic carbocycles. The molecule has 0 bridgehead atoms. The fourth-order valence-electron chi connectivity index (χ4n) is 2.22. The van der Waals surface area contributed by atoms with E-state index in [-0.39, 0.29) is 5.95 Å². The smallest absolute Gasteiger partial charge is 0.267 e. The van der Waals surface area contributed by atoms with E-state index in [9.17, 15) is 12.8 Å². The van der Waals surface area contributed by atoms with E-state index < -0.39 is 20.7 Å². The predicted octanol–water partition coefficient (Wildman–Crippen LogP) is 2.57. The first-order valence-corrected chi connectivity index (χ1v) is 8.65. The molecule has 0 fully saturated rings. The molecule has 1 aromatic heterocycles. The minimum Gasteiger partial charge on any atom is -0.295 e. The van der Waals surface area contributed by atoms with E-state index in [0.29, 0.717) is 12.1 Å². The lowest BCUT2D eigenvalue weighted by atomic mass is 10.2. The molecular weight excluding hydrogens is 331 g/mol. The summed E-state index contributed by atoms with van der Waals surface area (Å²) in [6.07, 6.45) is 1.41. The third-order valence-corrected chi connectivity index (χ3v) is 4.76. The van der Waals surface area contributed by atoms with Gasteiger partial charge in [-0.05, 0) is 30.2 Å². The van der Waals surface area contributed by atoms with Crippen molar-refractivity contribution in [3.8, 4) is 0 Å². The van der Waals surface area contributed by atoms with Crippen molar-refractivity contribution >= 4 is 16.0 Å². The summed E-state index contributed by atoms with van der Waals surface area (Å²) in [5.74, 6) is -0.790. The number of hydrogen-bond donors (Lipinski definition) is 1.